The second-order valence-corrected chi connectivity index (χ2v) is 12.0. The van der Waals surface area contributed by atoms with Crippen molar-refractivity contribution < 1.29 is 43.2 Å². The first-order valence-electron chi connectivity index (χ1n) is 15.0. The third kappa shape index (κ3) is 7.66. The minimum atomic E-state index is -1.23. The Morgan fingerprint density at radius 3 is 2.47 bits per heavy atom. The number of nitrogens with one attached hydrogen (secondary N) is 1. The summed E-state index contributed by atoms with van der Waals surface area (Å²) in [5.41, 5.74) is 1.51. The van der Waals surface area contributed by atoms with Crippen LogP contribution in [0.1, 0.15) is 22.5 Å². The summed E-state index contributed by atoms with van der Waals surface area (Å²) in [6, 6.07) is 18.8. The number of rotatable bonds is 13. The highest BCUT2D eigenvalue weighted by atomic mass is 127. The van der Waals surface area contributed by atoms with Gasteiger partial charge in [-0.2, -0.15) is 0 Å². The number of methoxy groups -OCH3 is 3. The van der Waals surface area contributed by atoms with Crippen molar-refractivity contribution in [2.45, 2.75) is 31.1 Å². The molecule has 0 saturated heterocycles. The van der Waals surface area contributed by atoms with Gasteiger partial charge in [0, 0.05) is 30.5 Å². The Morgan fingerprint density at radius 1 is 0.979 bits per heavy atom. The number of fused-ring (bicyclic) bond motifs is 1. The first-order valence-corrected chi connectivity index (χ1v) is 16.1. The highest BCUT2D eigenvalue weighted by molar-refractivity contribution is 14.1. The van der Waals surface area contributed by atoms with E-state index in [4.69, 9.17) is 23.4 Å². The molecule has 0 spiro atoms. The van der Waals surface area contributed by atoms with Crippen LogP contribution in [0.15, 0.2) is 82.8 Å². The lowest BCUT2D eigenvalue weighted by Gasteiger charge is -2.40. The van der Waals surface area contributed by atoms with E-state index in [1.54, 1.807) is 56.7 Å². The molecule has 248 valence electrons. The normalized spacial score (nSPS) is 17.5. The van der Waals surface area contributed by atoms with Crippen molar-refractivity contribution >= 4 is 45.4 Å². The second-order valence-electron chi connectivity index (χ2n) is 10.9. The third-order valence-electron chi connectivity index (χ3n) is 8.02. The van der Waals surface area contributed by atoms with E-state index in [0.29, 0.717) is 46.0 Å². The minimum absolute atomic E-state index is 0.0225. The van der Waals surface area contributed by atoms with Crippen LogP contribution in [0.4, 0.5) is 0 Å². The van der Waals surface area contributed by atoms with Gasteiger partial charge in [0.05, 0.1) is 37.5 Å². The summed E-state index contributed by atoms with van der Waals surface area (Å²) < 4.78 is 29.6. The maximum atomic E-state index is 14.5. The van der Waals surface area contributed by atoms with Gasteiger partial charge < -0.3 is 43.8 Å². The van der Waals surface area contributed by atoms with Crippen molar-refractivity contribution in [1.29, 1.82) is 0 Å². The largest absolute Gasteiger partial charge is 0.497 e. The number of furan rings is 1. The number of halogens is 1. The second kappa shape index (κ2) is 15.5. The molecule has 2 amide bonds. The highest BCUT2D eigenvalue weighted by Crippen LogP contribution is 2.34. The zero-order valence-corrected chi connectivity index (χ0v) is 28.4. The highest BCUT2D eigenvalue weighted by Gasteiger charge is 2.41. The van der Waals surface area contributed by atoms with Gasteiger partial charge in [0.15, 0.2) is 17.1 Å². The van der Waals surface area contributed by atoms with Crippen molar-refractivity contribution in [3.8, 4) is 23.0 Å². The predicted molar refractivity (Wildman–Crippen MR) is 183 cm³/mol. The molecular formula is C35H37IN2O9. The SMILES string of the molecule is COc1ccc(OC)c(CCN(C(=O)c2cc3cccc(OC)c3o2)[C@@H]2CC(C(=O)NCCO)=C[C@H](Oc3ccccc3I)[C@H]2O)c1. The average Bonchev–Trinajstić information content (AvgIpc) is 3.54. The van der Waals surface area contributed by atoms with Gasteiger partial charge in [-0.3, -0.25) is 9.59 Å². The van der Waals surface area contributed by atoms with Crippen LogP contribution < -0.4 is 24.3 Å². The summed E-state index contributed by atoms with van der Waals surface area (Å²) in [4.78, 5) is 29.2. The fourth-order valence-corrected chi connectivity index (χ4v) is 6.16. The number of hydrogen-bond donors (Lipinski definition) is 3. The lowest BCUT2D eigenvalue weighted by molar-refractivity contribution is -0.118. The predicted octanol–water partition coefficient (Wildman–Crippen LogP) is 4.36. The summed E-state index contributed by atoms with van der Waals surface area (Å²) in [7, 11) is 4.66. The Kier molecular flexibility index (Phi) is 11.3. The first-order chi connectivity index (χ1) is 22.8. The lowest BCUT2D eigenvalue weighted by Crippen LogP contribution is -2.55. The van der Waals surface area contributed by atoms with Crippen molar-refractivity contribution in [1.82, 2.24) is 10.2 Å². The molecule has 4 aromatic rings. The topological polar surface area (TPSA) is 140 Å². The van der Waals surface area contributed by atoms with Crippen LogP contribution in [-0.2, 0) is 11.2 Å². The van der Waals surface area contributed by atoms with Crippen LogP contribution in [-0.4, -0.2) is 86.2 Å². The van der Waals surface area contributed by atoms with E-state index in [2.05, 4.69) is 27.9 Å². The number of amides is 2. The summed E-state index contributed by atoms with van der Waals surface area (Å²) in [5.74, 6) is 1.36. The fourth-order valence-electron chi connectivity index (χ4n) is 5.65. The maximum absolute atomic E-state index is 14.5. The molecule has 3 N–H and O–H groups in total. The van der Waals surface area contributed by atoms with E-state index >= 15 is 0 Å². The molecule has 1 heterocycles. The number of aliphatic hydroxyl groups excluding tert-OH is 2. The first kappa shape index (κ1) is 34.1. The van der Waals surface area contributed by atoms with Crippen LogP contribution in [0.5, 0.6) is 23.0 Å². The molecule has 1 aromatic heterocycles. The van der Waals surface area contributed by atoms with Crippen LogP contribution in [0, 0.1) is 3.57 Å². The fraction of sp³-hybridized carbons (Fsp3) is 0.314. The molecule has 11 nitrogen and oxygen atoms in total. The van der Waals surface area contributed by atoms with Crippen LogP contribution in [0.25, 0.3) is 11.0 Å². The Hall–Kier alpha value is -4.27. The van der Waals surface area contributed by atoms with Crippen LogP contribution in [0.2, 0.25) is 0 Å². The van der Waals surface area contributed by atoms with Crippen LogP contribution >= 0.6 is 22.6 Å². The minimum Gasteiger partial charge on any atom is -0.497 e. The number of para-hydroxylation sites is 2. The number of nitrogens with zero attached hydrogens (tertiary/aromatic N) is 1. The van der Waals surface area contributed by atoms with Gasteiger partial charge in [-0.1, -0.05) is 24.3 Å². The molecule has 5 rings (SSSR count). The van der Waals surface area contributed by atoms with Crippen molar-refractivity contribution in [3.63, 3.8) is 0 Å². The summed E-state index contributed by atoms with van der Waals surface area (Å²) in [5, 5.41) is 24.6. The molecule has 0 saturated carbocycles. The van der Waals surface area contributed by atoms with E-state index in [-0.39, 0.29) is 31.9 Å². The monoisotopic (exact) mass is 756 g/mol. The van der Waals surface area contributed by atoms with Gasteiger partial charge in [-0.05, 0) is 83.1 Å². The van der Waals surface area contributed by atoms with Gasteiger partial charge in [0.1, 0.15) is 29.5 Å². The average molecular weight is 757 g/mol. The third-order valence-corrected chi connectivity index (χ3v) is 8.91. The van der Waals surface area contributed by atoms with Crippen LogP contribution in [0.3, 0.4) is 0 Å². The van der Waals surface area contributed by atoms with Crippen molar-refractivity contribution in [3.05, 3.63) is 93.3 Å². The molecule has 0 bridgehead atoms. The van der Waals surface area contributed by atoms with E-state index in [1.807, 2.05) is 30.3 Å². The van der Waals surface area contributed by atoms with E-state index in [1.165, 1.54) is 12.0 Å². The number of hydrogen-bond acceptors (Lipinski definition) is 9. The maximum Gasteiger partial charge on any atom is 0.289 e. The van der Waals surface area contributed by atoms with Gasteiger partial charge in [0.2, 0.25) is 5.91 Å². The molecule has 0 radical (unpaired) electrons. The van der Waals surface area contributed by atoms with Gasteiger partial charge in [-0.25, -0.2) is 0 Å². The molecule has 1 aliphatic carbocycles. The Morgan fingerprint density at radius 2 is 1.74 bits per heavy atom. The smallest absolute Gasteiger partial charge is 0.289 e. The number of carbonyl (C=O) groups is 2. The molecule has 12 heteroatoms. The summed E-state index contributed by atoms with van der Waals surface area (Å²) in [6.45, 7) is -0.0697. The molecule has 3 atom stereocenters. The summed E-state index contributed by atoms with van der Waals surface area (Å²) in [6.07, 6.45) is -0.269. The van der Waals surface area contributed by atoms with E-state index in [0.717, 1.165) is 9.13 Å². The number of carbonyl (C=O) groups excluding carboxylic acids is 2. The van der Waals surface area contributed by atoms with Gasteiger partial charge >= 0.3 is 0 Å². The Bertz CT molecular complexity index is 1750. The number of benzene rings is 3. The Balaban J connectivity index is 1.56. The standard InChI is InChI=1S/C35H37IN2O9/c1-43-24-11-12-27(44-2)21(17-24)13-15-38(35(42)31-19-22-7-6-10-29(45-3)33(22)47-31)26-18-23(34(41)37-14-16-39)20-30(32(26)40)46-28-9-5-4-8-25(28)36/h4-12,17,19-20,26,30,32,39-40H,13-16,18H2,1-3H3,(H,37,41)/t26-,30+,32+/m1/s1. The molecule has 0 aliphatic heterocycles. The quantitative estimate of drug-likeness (QED) is 0.170. The Labute approximate surface area is 286 Å². The molecule has 3 aromatic carbocycles. The van der Waals surface area contributed by atoms with Gasteiger partial charge in [-0.15, -0.1) is 0 Å². The van der Waals surface area contributed by atoms with E-state index in [9.17, 15) is 19.8 Å². The zero-order valence-electron chi connectivity index (χ0n) is 26.3. The molecule has 0 unspecified atom stereocenters. The zero-order chi connectivity index (χ0) is 33.5. The van der Waals surface area contributed by atoms with Crippen molar-refractivity contribution in [2.24, 2.45) is 0 Å². The summed E-state index contributed by atoms with van der Waals surface area (Å²) >= 11 is 2.14. The van der Waals surface area contributed by atoms with E-state index < -0.39 is 30.1 Å². The lowest BCUT2D eigenvalue weighted by atomic mass is 9.87. The van der Waals surface area contributed by atoms with Crippen molar-refractivity contribution in [2.75, 3.05) is 41.0 Å². The number of aliphatic hydroxyl groups is 2. The van der Waals surface area contributed by atoms with Gasteiger partial charge in [0.25, 0.3) is 5.91 Å². The number of ether oxygens (including phenoxy) is 4. The molecule has 47 heavy (non-hydrogen) atoms. The molecular weight excluding hydrogens is 719 g/mol. The molecule has 1 aliphatic rings. The molecule has 0 fully saturated rings.